The van der Waals surface area contributed by atoms with Gasteiger partial charge in [0.2, 0.25) is 0 Å². The van der Waals surface area contributed by atoms with Crippen LogP contribution in [0.1, 0.15) is 21.6 Å². The average Bonchev–Trinajstić information content (AvgIpc) is 3.11. The second-order valence-electron chi connectivity index (χ2n) is 6.91. The number of pyridine rings is 1. The molecule has 0 aliphatic rings. The molecule has 2 heterocycles. The van der Waals surface area contributed by atoms with Crippen molar-refractivity contribution >= 4 is 34.2 Å². The predicted octanol–water partition coefficient (Wildman–Crippen LogP) is 4.82. The maximum atomic E-state index is 12.8. The van der Waals surface area contributed by atoms with Gasteiger partial charge in [0.05, 0.1) is 34.0 Å². The van der Waals surface area contributed by atoms with E-state index in [0.29, 0.717) is 39.6 Å². The number of aryl methyl sites for hydroxylation is 1. The van der Waals surface area contributed by atoms with Crippen molar-refractivity contribution in [2.45, 2.75) is 13.3 Å². The summed E-state index contributed by atoms with van der Waals surface area (Å²) in [5.74, 6) is -0.314. The summed E-state index contributed by atoms with van der Waals surface area (Å²) < 4.78 is 6.82. The summed E-state index contributed by atoms with van der Waals surface area (Å²) in [7, 11) is 1.68. The number of anilines is 1. The van der Waals surface area contributed by atoms with Crippen LogP contribution in [0.5, 0.6) is 0 Å². The fraction of sp³-hybridized carbons (Fsp3) is 0.174. The molecule has 1 amide bonds. The molecule has 0 radical (unpaired) electrons. The number of ether oxygens (including phenoxy) is 1. The van der Waals surface area contributed by atoms with Crippen LogP contribution < -0.4 is 5.32 Å². The number of rotatable bonds is 6. The van der Waals surface area contributed by atoms with Crippen LogP contribution in [-0.4, -0.2) is 34.4 Å². The van der Waals surface area contributed by atoms with Crippen LogP contribution in [0.2, 0.25) is 5.02 Å². The maximum Gasteiger partial charge on any atom is 0.258 e. The average molecular weight is 421 g/mol. The van der Waals surface area contributed by atoms with Crippen molar-refractivity contribution in [3.8, 4) is 5.69 Å². The van der Waals surface area contributed by atoms with Crippen molar-refractivity contribution in [3.05, 3.63) is 82.6 Å². The van der Waals surface area contributed by atoms with Crippen LogP contribution in [0.25, 0.3) is 16.7 Å². The van der Waals surface area contributed by atoms with E-state index in [0.717, 1.165) is 17.7 Å². The number of nitrogens with one attached hydrogen (secondary N) is 1. The van der Waals surface area contributed by atoms with E-state index in [1.54, 1.807) is 11.8 Å². The van der Waals surface area contributed by atoms with Crippen LogP contribution in [-0.2, 0) is 11.2 Å². The molecule has 0 aliphatic carbocycles. The quantitative estimate of drug-likeness (QED) is 0.485. The molecule has 30 heavy (non-hydrogen) atoms. The standard InChI is InChI=1S/C23H21ClN4O2/c1-15-20-21(24)19(14-25-22(20)28(27-15)18-6-4-3-5-7-18)23(29)26-17-10-8-16(9-11-17)12-13-30-2/h3-11,14H,12-13H2,1-2H3,(H,26,29). The van der Waals surface area contributed by atoms with Crippen LogP contribution in [0.15, 0.2) is 60.8 Å². The lowest BCUT2D eigenvalue weighted by molar-refractivity contribution is 0.102. The third-order valence-corrected chi connectivity index (χ3v) is 5.25. The summed E-state index contributed by atoms with van der Waals surface area (Å²) in [4.78, 5) is 17.3. The summed E-state index contributed by atoms with van der Waals surface area (Å²) in [6.45, 7) is 2.51. The van der Waals surface area contributed by atoms with E-state index in [-0.39, 0.29) is 5.91 Å². The van der Waals surface area contributed by atoms with Gasteiger partial charge in [0.25, 0.3) is 5.91 Å². The van der Waals surface area contributed by atoms with Gasteiger partial charge in [-0.2, -0.15) is 5.10 Å². The van der Waals surface area contributed by atoms with Gasteiger partial charge in [-0.3, -0.25) is 4.79 Å². The molecular weight excluding hydrogens is 400 g/mol. The van der Waals surface area contributed by atoms with Crippen LogP contribution in [0, 0.1) is 6.92 Å². The molecule has 0 spiro atoms. The lowest BCUT2D eigenvalue weighted by Crippen LogP contribution is -2.13. The van der Waals surface area contributed by atoms with Crippen molar-refractivity contribution in [3.63, 3.8) is 0 Å². The molecule has 0 bridgehead atoms. The summed E-state index contributed by atoms with van der Waals surface area (Å²) in [6, 6.07) is 17.3. The molecule has 0 atom stereocenters. The molecule has 1 N–H and O–H groups in total. The Labute approximate surface area is 179 Å². The Morgan fingerprint density at radius 3 is 2.57 bits per heavy atom. The smallest absolute Gasteiger partial charge is 0.258 e. The topological polar surface area (TPSA) is 69.0 Å². The zero-order chi connectivity index (χ0) is 21.1. The third kappa shape index (κ3) is 3.92. The first-order valence-electron chi connectivity index (χ1n) is 9.57. The van der Waals surface area contributed by atoms with E-state index >= 15 is 0 Å². The van der Waals surface area contributed by atoms with Crippen molar-refractivity contribution in [2.24, 2.45) is 0 Å². The zero-order valence-corrected chi connectivity index (χ0v) is 17.5. The number of methoxy groups -OCH3 is 1. The highest BCUT2D eigenvalue weighted by atomic mass is 35.5. The largest absolute Gasteiger partial charge is 0.384 e. The van der Waals surface area contributed by atoms with Crippen LogP contribution in [0.4, 0.5) is 5.69 Å². The van der Waals surface area contributed by atoms with Gasteiger partial charge in [-0.1, -0.05) is 41.9 Å². The molecule has 0 saturated heterocycles. The Bertz CT molecular complexity index is 1190. The van der Waals surface area contributed by atoms with Gasteiger partial charge in [-0.05, 0) is 43.2 Å². The van der Waals surface area contributed by atoms with Crippen LogP contribution in [0.3, 0.4) is 0 Å². The molecule has 0 saturated carbocycles. The predicted molar refractivity (Wildman–Crippen MR) is 119 cm³/mol. The van der Waals surface area contributed by atoms with E-state index < -0.39 is 0 Å². The molecule has 4 rings (SSSR count). The maximum absolute atomic E-state index is 12.8. The van der Waals surface area contributed by atoms with Gasteiger partial charge in [-0.25, -0.2) is 9.67 Å². The van der Waals surface area contributed by atoms with Crippen molar-refractivity contribution in [2.75, 3.05) is 19.0 Å². The van der Waals surface area contributed by atoms with Gasteiger partial charge in [-0.15, -0.1) is 0 Å². The normalized spacial score (nSPS) is 11.0. The zero-order valence-electron chi connectivity index (χ0n) is 16.7. The number of fused-ring (bicyclic) bond motifs is 1. The summed E-state index contributed by atoms with van der Waals surface area (Å²) in [5.41, 5.74) is 4.34. The molecular formula is C23H21ClN4O2. The van der Waals surface area contributed by atoms with Gasteiger partial charge in [0.15, 0.2) is 5.65 Å². The highest BCUT2D eigenvalue weighted by molar-refractivity contribution is 6.39. The fourth-order valence-electron chi connectivity index (χ4n) is 3.29. The number of nitrogens with zero attached hydrogens (tertiary/aromatic N) is 3. The summed E-state index contributed by atoms with van der Waals surface area (Å²) >= 11 is 6.62. The number of halogens is 1. The van der Waals surface area contributed by atoms with Gasteiger partial charge in [0, 0.05) is 19.0 Å². The number of para-hydroxylation sites is 1. The Hall–Kier alpha value is -3.22. The van der Waals surface area contributed by atoms with Crippen LogP contribution >= 0.6 is 11.6 Å². The minimum atomic E-state index is -0.314. The molecule has 2 aromatic heterocycles. The summed E-state index contributed by atoms with van der Waals surface area (Å²) in [6.07, 6.45) is 2.31. The monoisotopic (exact) mass is 420 g/mol. The molecule has 0 aliphatic heterocycles. The molecule has 4 aromatic rings. The minimum absolute atomic E-state index is 0.309. The number of hydrogen-bond acceptors (Lipinski definition) is 4. The first-order valence-corrected chi connectivity index (χ1v) is 9.94. The summed E-state index contributed by atoms with van der Waals surface area (Å²) in [5, 5.41) is 8.46. The third-order valence-electron chi connectivity index (χ3n) is 4.86. The SMILES string of the molecule is COCCc1ccc(NC(=O)c2cnc3c(c(C)nn3-c3ccccc3)c2Cl)cc1. The second kappa shape index (κ2) is 8.65. The van der Waals surface area contributed by atoms with E-state index in [4.69, 9.17) is 16.3 Å². The number of hydrogen-bond donors (Lipinski definition) is 1. The number of carbonyl (C=O) groups excluding carboxylic acids is 1. The number of benzene rings is 2. The molecule has 0 unspecified atom stereocenters. The first-order chi connectivity index (χ1) is 14.6. The molecule has 0 fully saturated rings. The first kappa shape index (κ1) is 20.1. The lowest BCUT2D eigenvalue weighted by atomic mass is 10.1. The van der Waals surface area contributed by atoms with E-state index in [1.807, 2.05) is 61.5 Å². The molecule has 152 valence electrons. The number of carbonyl (C=O) groups is 1. The van der Waals surface area contributed by atoms with Gasteiger partial charge >= 0.3 is 0 Å². The van der Waals surface area contributed by atoms with E-state index in [9.17, 15) is 4.79 Å². The lowest BCUT2D eigenvalue weighted by Gasteiger charge is -2.09. The van der Waals surface area contributed by atoms with Crippen molar-refractivity contribution in [1.82, 2.24) is 14.8 Å². The molecule has 7 heteroatoms. The van der Waals surface area contributed by atoms with E-state index in [2.05, 4.69) is 15.4 Å². The van der Waals surface area contributed by atoms with Gasteiger partial charge in [0.1, 0.15) is 0 Å². The fourth-order valence-corrected chi connectivity index (χ4v) is 3.64. The Kier molecular flexibility index (Phi) is 5.79. The Morgan fingerprint density at radius 1 is 1.13 bits per heavy atom. The highest BCUT2D eigenvalue weighted by Crippen LogP contribution is 2.30. The number of aromatic nitrogens is 3. The Balaban J connectivity index is 1.62. The van der Waals surface area contributed by atoms with Crippen molar-refractivity contribution in [1.29, 1.82) is 0 Å². The molecule has 2 aromatic carbocycles. The van der Waals surface area contributed by atoms with Crippen molar-refractivity contribution < 1.29 is 9.53 Å². The van der Waals surface area contributed by atoms with E-state index in [1.165, 1.54) is 6.20 Å². The second-order valence-corrected chi connectivity index (χ2v) is 7.29. The Morgan fingerprint density at radius 2 is 1.87 bits per heavy atom. The highest BCUT2D eigenvalue weighted by Gasteiger charge is 2.20. The van der Waals surface area contributed by atoms with Gasteiger partial charge < -0.3 is 10.1 Å². The minimum Gasteiger partial charge on any atom is -0.384 e. The molecule has 6 nitrogen and oxygen atoms in total. The number of amides is 1.